The lowest BCUT2D eigenvalue weighted by molar-refractivity contribution is -0.141. The Morgan fingerprint density at radius 2 is 0.596 bits per heavy atom. The zero-order chi connectivity index (χ0) is 102. The van der Waals surface area contributed by atoms with Crippen molar-refractivity contribution in [1.29, 1.82) is 0 Å². The first kappa shape index (κ1) is 103. The highest BCUT2D eigenvalue weighted by Crippen LogP contribution is 2.45. The number of benzene rings is 10. The fraction of sp³-hybridized carbons (Fsp3) is 0.118. The fourth-order valence-electron chi connectivity index (χ4n) is 14.1. The second kappa shape index (κ2) is 43.5. The number of pyridine rings is 3. The van der Waals surface area contributed by atoms with Crippen molar-refractivity contribution in [3.05, 3.63) is 398 Å². The molecule has 3 N–H and O–H groups in total. The van der Waals surface area contributed by atoms with Gasteiger partial charge < -0.3 is 39.8 Å². The van der Waals surface area contributed by atoms with Gasteiger partial charge in [-0.25, -0.2) is 80.8 Å². The highest BCUT2D eigenvalue weighted by Gasteiger charge is 2.38. The van der Waals surface area contributed by atoms with Crippen LogP contribution in [-0.2, 0) is 51.3 Å². The van der Waals surface area contributed by atoms with Gasteiger partial charge in [0.15, 0.2) is 0 Å². The average Bonchev–Trinajstić information content (AvgIpc) is 0.786. The maximum atomic E-state index is 14.3. The van der Waals surface area contributed by atoms with Gasteiger partial charge in [0.25, 0.3) is 28.8 Å². The topological polar surface area (TPSA) is 205 Å². The van der Waals surface area contributed by atoms with Gasteiger partial charge in [0, 0.05) is 130 Å². The quantitative estimate of drug-likeness (QED) is 0.0335. The average molecular weight is 2160 g/mol. The number of carbonyl (C=O) groups is 3. The minimum atomic E-state index is -4.65. The molecule has 5 aromatic heterocycles. The third-order valence-electron chi connectivity index (χ3n) is 20.7. The molecule has 0 radical (unpaired) electrons. The van der Waals surface area contributed by atoms with Crippen LogP contribution in [0.25, 0.3) is 21.8 Å². The predicted molar refractivity (Wildman–Crippen MR) is 477 cm³/mol. The van der Waals surface area contributed by atoms with E-state index in [2.05, 4.69) is 63.5 Å². The number of rotatable bonds is 17. The monoisotopic (exact) mass is 2160 g/mol. The molecule has 15 aromatic rings. The first-order chi connectivity index (χ1) is 66.8. The van der Waals surface area contributed by atoms with Crippen LogP contribution in [0.3, 0.4) is 0 Å². The van der Waals surface area contributed by atoms with Crippen molar-refractivity contribution in [2.45, 2.75) is 80.9 Å². The lowest BCUT2D eigenvalue weighted by Gasteiger charge is -2.32. The standard InChI is InChI=1S/C30H20F6N4O2S2.C21H13F6N3OS.C21H11F6N3OS.C15H8F3IN2O.C6H3F4N/c31-15-5-23(33)21(24(34)6-15)11-39-13-37-29(41)19-9-17(1-3-27(19)39)43-44-18-2-4-28-20(10-18)30(42)38-14-40(28)12-22-25(35)7-16(32)8-26(22)36;2*22-11-6-16(23)14(17(24)7-11)9-30-10-29-19(31)13-8-12(3-4-18(13)30)32-20-15(21(25,26)27)2-1-5-28-20;16-8-3-12(17)11(13(18)4-8)6-21-7-20-15(22)10-5-9(19)1-2-14(10)21;7-5-4(6(8,9)10)2-1-3-11-5/h1-10H,11-14H2,(H,37,41)(H,38,42);1-8H,9-10H2,(H,29,31);1-8,10H,9H2;1-5,7H,6H2;1-3H. The lowest BCUT2D eigenvalue weighted by Crippen LogP contribution is -2.43. The van der Waals surface area contributed by atoms with Crippen LogP contribution < -0.4 is 41.8 Å². The lowest BCUT2D eigenvalue weighted by atomic mass is 10.1. The molecule has 0 bridgehead atoms. The van der Waals surface area contributed by atoms with Crippen LogP contribution in [-0.4, -0.2) is 71.8 Å². The van der Waals surface area contributed by atoms with Crippen LogP contribution in [0.1, 0.15) is 75.6 Å². The number of hydrogen-bond acceptors (Lipinski definition) is 17. The highest BCUT2D eigenvalue weighted by molar-refractivity contribution is 14.1. The Hall–Kier alpha value is -13.9. The van der Waals surface area contributed by atoms with Gasteiger partial charge >= 0.3 is 18.5 Å². The molecule has 141 heavy (non-hydrogen) atoms. The summed E-state index contributed by atoms with van der Waals surface area (Å²) in [5, 5.41) is 7.71. The van der Waals surface area contributed by atoms with Gasteiger partial charge in [-0.2, -0.15) is 53.9 Å². The van der Waals surface area contributed by atoms with Gasteiger partial charge in [-0.05, 0) is 150 Å². The van der Waals surface area contributed by atoms with E-state index in [0.29, 0.717) is 121 Å². The van der Waals surface area contributed by atoms with E-state index in [1.54, 1.807) is 64.4 Å². The van der Waals surface area contributed by atoms with Crippen LogP contribution >= 0.6 is 67.7 Å². The third kappa shape index (κ3) is 24.8. The summed E-state index contributed by atoms with van der Waals surface area (Å²) in [4.78, 5) is 86.0. The second-order valence-corrected chi connectivity index (χ2v) is 35.6. The first-order valence-electron chi connectivity index (χ1n) is 40.1. The van der Waals surface area contributed by atoms with Crippen molar-refractivity contribution in [1.82, 2.24) is 50.0 Å². The van der Waals surface area contributed by atoms with Crippen molar-refractivity contribution in [2.24, 2.45) is 0 Å². The molecule has 0 atom stereocenters. The van der Waals surface area contributed by atoms with Crippen LogP contribution in [0, 0.1) is 96.8 Å². The molecule has 3 aliphatic rings. The normalized spacial score (nSPS) is 12.9. The Labute approximate surface area is 807 Å². The number of carbonyl (C=O) groups excluding carboxylic acids is 3. The molecule has 0 aliphatic carbocycles. The maximum absolute atomic E-state index is 14.3. The summed E-state index contributed by atoms with van der Waals surface area (Å²) in [6, 6.07) is 35.4. The zero-order valence-corrected chi connectivity index (χ0v) is 75.8. The molecule has 0 unspecified atom stereocenters. The summed E-state index contributed by atoms with van der Waals surface area (Å²) in [5.41, 5.74) is -3.33. The third-order valence-corrected chi connectivity index (χ3v) is 25.8. The summed E-state index contributed by atoms with van der Waals surface area (Å²) in [6.45, 7) is -1.41. The molecule has 0 saturated carbocycles. The number of fused-ring (bicyclic) bond motifs is 5. The number of alkyl halides is 9. The summed E-state index contributed by atoms with van der Waals surface area (Å²) in [6.07, 6.45) is -8.13. The number of nitrogens with one attached hydrogen (secondary N) is 3. The molecule has 10 aromatic carbocycles. The number of halogens is 26. The van der Waals surface area contributed by atoms with Crippen molar-refractivity contribution >= 4 is 124 Å². The van der Waals surface area contributed by atoms with E-state index in [9.17, 15) is 134 Å². The smallest absolute Gasteiger partial charge is 0.349 e. The van der Waals surface area contributed by atoms with Gasteiger partial charge in [0.2, 0.25) is 5.95 Å². The first-order valence-corrected chi connectivity index (χ1v) is 44.9. The predicted octanol–water partition coefficient (Wildman–Crippen LogP) is 23.2. The molecule has 0 spiro atoms. The molecule has 728 valence electrons. The van der Waals surface area contributed by atoms with E-state index < -0.39 is 151 Å². The molecule has 3 aliphatic heterocycles. The molecule has 18 nitrogen and oxygen atoms in total. The molecule has 48 heteroatoms. The summed E-state index contributed by atoms with van der Waals surface area (Å²) < 4.78 is 337. The van der Waals surface area contributed by atoms with E-state index in [0.717, 1.165) is 46.1 Å². The van der Waals surface area contributed by atoms with E-state index >= 15 is 0 Å². The van der Waals surface area contributed by atoms with Gasteiger partial charge in [-0.3, -0.25) is 24.0 Å². The molecule has 8 heterocycles. The van der Waals surface area contributed by atoms with E-state index in [1.165, 1.54) is 103 Å². The van der Waals surface area contributed by atoms with Crippen LogP contribution in [0.5, 0.6) is 0 Å². The molecule has 3 amide bonds. The molecular formula is C93H55F25IN13O5S4. The maximum Gasteiger partial charge on any atom is 0.420 e. The Kier molecular flexibility index (Phi) is 31.8. The van der Waals surface area contributed by atoms with Gasteiger partial charge in [0.1, 0.15) is 103 Å². The molecule has 0 saturated heterocycles. The number of aromatic nitrogens is 7. The van der Waals surface area contributed by atoms with E-state index in [4.69, 9.17) is 0 Å². The van der Waals surface area contributed by atoms with Gasteiger partial charge in [-0.15, -0.1) is 0 Å². The van der Waals surface area contributed by atoms with Crippen LogP contribution in [0.4, 0.5) is 127 Å². The Bertz CT molecular complexity index is 7270. The number of amides is 3. The second-order valence-electron chi connectivity index (χ2n) is 30.0. The minimum Gasteiger partial charge on any atom is -0.349 e. The van der Waals surface area contributed by atoms with Crippen LogP contribution in [0.15, 0.2) is 259 Å². The summed E-state index contributed by atoms with van der Waals surface area (Å²) in [5.74, 6) is -18.3. The summed E-state index contributed by atoms with van der Waals surface area (Å²) in [7, 11) is 2.59. The van der Waals surface area contributed by atoms with Gasteiger partial charge in [0.05, 0.1) is 132 Å². The number of nitrogens with zero attached hydrogens (tertiary/aromatic N) is 10. The van der Waals surface area contributed by atoms with E-state index in [1.807, 2.05) is 0 Å². The van der Waals surface area contributed by atoms with Gasteiger partial charge in [-0.1, -0.05) is 45.1 Å². The van der Waals surface area contributed by atoms with E-state index in [-0.39, 0.29) is 129 Å². The number of anilines is 3. The Morgan fingerprint density at radius 1 is 0.312 bits per heavy atom. The minimum absolute atomic E-state index is 0.00200. The van der Waals surface area contributed by atoms with Crippen molar-refractivity contribution in [2.75, 3.05) is 34.7 Å². The molecule has 0 fully saturated rings. The molecular weight excluding hydrogens is 2110 g/mol. The largest absolute Gasteiger partial charge is 0.420 e. The van der Waals surface area contributed by atoms with Crippen molar-refractivity contribution in [3.63, 3.8) is 0 Å². The summed E-state index contributed by atoms with van der Waals surface area (Å²) >= 11 is 3.51. The SMILES string of the molecule is Fc1ncccc1C(F)(F)F.O=C1NCN(Cc2c(F)cc(F)cc2F)c2ccc(SSc3ccc4c(c3)C(=O)NCN4Cc3c(F)cc(F)cc3F)cc21.O=C1NCN(Cc2c(F)cc(F)cc2F)c2ccc(Sc3ncccc3C(F)(F)F)cc21.O=c1ncn(Cc2c(F)cc(F)cc2F)c2ccc(I)cc12.O=c1ncn(Cc2c(F)cc(F)cc2F)c2ccc(Sc3ncccc3C(F)(F)F)cc12. The highest BCUT2D eigenvalue weighted by atomic mass is 127. The van der Waals surface area contributed by atoms with Crippen molar-refractivity contribution < 1.29 is 124 Å². The van der Waals surface area contributed by atoms with Crippen molar-refractivity contribution in [3.8, 4) is 0 Å². The van der Waals surface area contributed by atoms with Crippen LogP contribution in [0.2, 0.25) is 0 Å². The Balaban J connectivity index is 0.000000147. The zero-order valence-electron chi connectivity index (χ0n) is 70.4. The Morgan fingerprint density at radius 3 is 0.922 bits per heavy atom. The molecule has 18 rings (SSSR count). The number of hydrogen-bond donors (Lipinski definition) is 3. The fourth-order valence-corrected chi connectivity index (χ4v) is 18.4.